The molecule has 156 valence electrons. The zero-order chi connectivity index (χ0) is 22.0. The van der Waals surface area contributed by atoms with Gasteiger partial charge in [-0.05, 0) is 48.0 Å². The number of benzene rings is 3. The van der Waals surface area contributed by atoms with Gasteiger partial charge in [-0.15, -0.1) is 0 Å². The van der Waals surface area contributed by atoms with Gasteiger partial charge in [0.25, 0.3) is 11.8 Å². The Hall–Kier alpha value is -3.09. The highest BCUT2D eigenvalue weighted by Gasteiger charge is 2.27. The van der Waals surface area contributed by atoms with Gasteiger partial charge in [0.05, 0.1) is 10.6 Å². The van der Waals surface area contributed by atoms with Crippen LogP contribution in [0.2, 0.25) is 5.02 Å². The molecule has 2 amide bonds. The first-order valence-corrected chi connectivity index (χ1v) is 10.7. The first kappa shape index (κ1) is 21.2. The van der Waals surface area contributed by atoms with Crippen molar-refractivity contribution in [2.75, 3.05) is 11.9 Å². The van der Waals surface area contributed by atoms with Gasteiger partial charge >= 0.3 is 0 Å². The minimum absolute atomic E-state index is 0.240. The lowest BCUT2D eigenvalue weighted by Crippen LogP contribution is -2.31. The maximum Gasteiger partial charge on any atom is 0.264 e. The Morgan fingerprint density at radius 3 is 2.61 bits per heavy atom. The number of hydrogen-bond donors (Lipinski definition) is 1. The molecule has 0 fully saturated rings. The number of carbonyl (C=O) groups is 2. The van der Waals surface area contributed by atoms with E-state index in [1.54, 1.807) is 61.7 Å². The Bertz CT molecular complexity index is 1190. The third kappa shape index (κ3) is 4.65. The Morgan fingerprint density at radius 2 is 1.87 bits per heavy atom. The Kier molecular flexibility index (Phi) is 6.11. The third-order valence-electron chi connectivity index (χ3n) is 4.88. The molecule has 1 heterocycles. The van der Waals surface area contributed by atoms with Crippen molar-refractivity contribution in [2.24, 2.45) is 0 Å². The molecule has 0 atom stereocenters. The molecule has 0 spiro atoms. The van der Waals surface area contributed by atoms with E-state index in [-0.39, 0.29) is 17.6 Å². The van der Waals surface area contributed by atoms with Gasteiger partial charge in [-0.25, -0.2) is 4.39 Å². The summed E-state index contributed by atoms with van der Waals surface area (Å²) in [7, 11) is 1.64. The van der Waals surface area contributed by atoms with Crippen molar-refractivity contribution in [2.45, 2.75) is 11.4 Å². The second-order valence-electron chi connectivity index (χ2n) is 6.99. The SMILES string of the molecule is CN1C(=O)/C(=C/c2ccccc2F)Sc2ccc(C(=O)NCc3ccc(Cl)cc3)cc21. The number of nitrogens with one attached hydrogen (secondary N) is 1. The molecule has 4 nitrogen and oxygen atoms in total. The molecule has 7 heteroatoms. The zero-order valence-electron chi connectivity index (χ0n) is 16.6. The number of rotatable bonds is 4. The van der Waals surface area contributed by atoms with E-state index >= 15 is 0 Å². The highest BCUT2D eigenvalue weighted by molar-refractivity contribution is 8.04. The predicted molar refractivity (Wildman–Crippen MR) is 123 cm³/mol. The van der Waals surface area contributed by atoms with Crippen LogP contribution in [0.1, 0.15) is 21.5 Å². The molecule has 0 unspecified atom stereocenters. The summed E-state index contributed by atoms with van der Waals surface area (Å²) in [6, 6.07) is 18.8. The molecule has 0 radical (unpaired) electrons. The van der Waals surface area contributed by atoms with Gasteiger partial charge < -0.3 is 10.2 Å². The van der Waals surface area contributed by atoms with Crippen molar-refractivity contribution in [1.29, 1.82) is 0 Å². The van der Waals surface area contributed by atoms with Crippen molar-refractivity contribution in [3.8, 4) is 0 Å². The van der Waals surface area contributed by atoms with E-state index in [4.69, 9.17) is 11.6 Å². The number of carbonyl (C=O) groups excluding carboxylic acids is 2. The lowest BCUT2D eigenvalue weighted by atomic mass is 10.1. The molecule has 4 rings (SSSR count). The third-order valence-corrected chi connectivity index (χ3v) is 6.21. The predicted octanol–water partition coefficient (Wildman–Crippen LogP) is 5.52. The van der Waals surface area contributed by atoms with Gasteiger partial charge in [-0.2, -0.15) is 0 Å². The van der Waals surface area contributed by atoms with Crippen molar-refractivity contribution in [3.05, 3.63) is 99.2 Å². The fraction of sp³-hybridized carbons (Fsp3) is 0.0833. The molecular weight excluding hydrogens is 435 g/mol. The number of anilines is 1. The maximum atomic E-state index is 14.0. The summed E-state index contributed by atoms with van der Waals surface area (Å²) in [6.07, 6.45) is 1.55. The fourth-order valence-electron chi connectivity index (χ4n) is 3.16. The van der Waals surface area contributed by atoms with E-state index < -0.39 is 0 Å². The van der Waals surface area contributed by atoms with E-state index in [1.165, 1.54) is 22.7 Å². The van der Waals surface area contributed by atoms with Gasteiger partial charge in [0.1, 0.15) is 5.82 Å². The first-order valence-electron chi connectivity index (χ1n) is 9.51. The zero-order valence-corrected chi connectivity index (χ0v) is 18.1. The molecule has 31 heavy (non-hydrogen) atoms. The molecule has 0 bridgehead atoms. The quantitative estimate of drug-likeness (QED) is 0.530. The topological polar surface area (TPSA) is 49.4 Å². The van der Waals surface area contributed by atoms with E-state index in [9.17, 15) is 14.0 Å². The number of nitrogens with zero attached hydrogens (tertiary/aromatic N) is 1. The fourth-order valence-corrected chi connectivity index (χ4v) is 4.36. The molecule has 3 aromatic carbocycles. The summed E-state index contributed by atoms with van der Waals surface area (Å²) in [5.41, 5.74) is 2.38. The van der Waals surface area contributed by atoms with Crippen LogP contribution in [-0.2, 0) is 11.3 Å². The number of thioether (sulfide) groups is 1. The second-order valence-corrected chi connectivity index (χ2v) is 8.51. The van der Waals surface area contributed by atoms with Crippen LogP contribution in [0.4, 0.5) is 10.1 Å². The monoisotopic (exact) mass is 452 g/mol. The number of fused-ring (bicyclic) bond motifs is 1. The van der Waals surface area contributed by atoms with E-state index in [2.05, 4.69) is 5.32 Å². The molecule has 0 saturated heterocycles. The van der Waals surface area contributed by atoms with Crippen LogP contribution in [0.5, 0.6) is 0 Å². The molecule has 0 saturated carbocycles. The van der Waals surface area contributed by atoms with Gasteiger partial charge in [0, 0.05) is 34.6 Å². The number of halogens is 2. The average molecular weight is 453 g/mol. The molecule has 3 aromatic rings. The van der Waals surface area contributed by atoms with Crippen LogP contribution in [0, 0.1) is 5.82 Å². The molecular formula is C24H18ClFN2O2S. The highest BCUT2D eigenvalue weighted by Crippen LogP contribution is 2.42. The lowest BCUT2D eigenvalue weighted by Gasteiger charge is -2.27. The Labute approximate surface area is 188 Å². The van der Waals surface area contributed by atoms with Crippen LogP contribution < -0.4 is 10.2 Å². The maximum absolute atomic E-state index is 14.0. The van der Waals surface area contributed by atoms with Crippen LogP contribution >= 0.6 is 23.4 Å². The first-order chi connectivity index (χ1) is 14.9. The second kappa shape index (κ2) is 8.96. The Morgan fingerprint density at radius 1 is 1.13 bits per heavy atom. The van der Waals surface area contributed by atoms with Gasteiger partial charge in [-0.3, -0.25) is 9.59 Å². The smallest absolute Gasteiger partial charge is 0.264 e. The lowest BCUT2D eigenvalue weighted by molar-refractivity contribution is -0.114. The van der Waals surface area contributed by atoms with E-state index in [1.807, 2.05) is 12.1 Å². The molecule has 1 aliphatic heterocycles. The van der Waals surface area contributed by atoms with Crippen LogP contribution in [-0.4, -0.2) is 18.9 Å². The van der Waals surface area contributed by atoms with Crippen molar-refractivity contribution in [1.82, 2.24) is 5.32 Å². The summed E-state index contributed by atoms with van der Waals surface area (Å²) in [6.45, 7) is 0.367. The molecule has 1 aliphatic rings. The summed E-state index contributed by atoms with van der Waals surface area (Å²) in [4.78, 5) is 28.1. The summed E-state index contributed by atoms with van der Waals surface area (Å²) >= 11 is 7.15. The van der Waals surface area contributed by atoms with Crippen LogP contribution in [0.25, 0.3) is 6.08 Å². The summed E-state index contributed by atoms with van der Waals surface area (Å²) in [5.74, 6) is -0.875. The molecule has 0 aliphatic carbocycles. The van der Waals surface area contributed by atoms with E-state index in [0.717, 1.165) is 10.5 Å². The number of likely N-dealkylation sites (N-methyl/N-ethyl adjacent to an activating group) is 1. The van der Waals surface area contributed by atoms with Crippen molar-refractivity contribution in [3.63, 3.8) is 0 Å². The minimum atomic E-state index is -0.385. The van der Waals surface area contributed by atoms with E-state index in [0.29, 0.717) is 33.3 Å². The number of hydrogen-bond acceptors (Lipinski definition) is 3. The summed E-state index contributed by atoms with van der Waals surface area (Å²) in [5, 5.41) is 3.51. The van der Waals surface area contributed by atoms with Gasteiger partial charge in [0.15, 0.2) is 0 Å². The summed E-state index contributed by atoms with van der Waals surface area (Å²) < 4.78 is 14.0. The van der Waals surface area contributed by atoms with Gasteiger partial charge in [-0.1, -0.05) is 53.7 Å². The molecule has 0 aromatic heterocycles. The highest BCUT2D eigenvalue weighted by atomic mass is 35.5. The minimum Gasteiger partial charge on any atom is -0.348 e. The van der Waals surface area contributed by atoms with Crippen LogP contribution in [0.15, 0.2) is 76.5 Å². The van der Waals surface area contributed by atoms with Gasteiger partial charge in [0.2, 0.25) is 0 Å². The van der Waals surface area contributed by atoms with Crippen LogP contribution in [0.3, 0.4) is 0 Å². The standard InChI is InChI=1S/C24H18ClFN2O2S/c1-28-20-12-17(23(29)27-14-15-6-9-18(25)10-7-15)8-11-21(20)31-22(24(28)30)13-16-4-2-3-5-19(16)26/h2-13H,14H2,1H3,(H,27,29)/b22-13-. The normalized spacial score (nSPS) is 14.5. The Balaban J connectivity index is 1.54. The van der Waals surface area contributed by atoms with Crippen molar-refractivity contribution < 1.29 is 14.0 Å². The van der Waals surface area contributed by atoms with Crippen molar-refractivity contribution >= 4 is 46.9 Å². The average Bonchev–Trinajstić information content (AvgIpc) is 2.78. The number of amides is 2. The largest absolute Gasteiger partial charge is 0.348 e. The molecule has 1 N–H and O–H groups in total.